The highest BCUT2D eigenvalue weighted by atomic mass is 16.2. The molecule has 2 fully saturated rings. The smallest absolute Gasteiger partial charge is 0.256 e. The Bertz CT molecular complexity index is 1420. The first-order chi connectivity index (χ1) is 19.3. The second-order valence-corrected chi connectivity index (χ2v) is 11.2. The van der Waals surface area contributed by atoms with Crippen molar-refractivity contribution in [2.75, 3.05) is 46.1 Å². The Morgan fingerprint density at radius 3 is 2.38 bits per heavy atom. The fraction of sp³-hybridized carbons (Fsp3) is 0.500. The van der Waals surface area contributed by atoms with E-state index in [4.69, 9.17) is 4.98 Å². The maximum Gasteiger partial charge on any atom is 0.256 e. The summed E-state index contributed by atoms with van der Waals surface area (Å²) in [5, 5.41) is 6.22. The van der Waals surface area contributed by atoms with Crippen molar-refractivity contribution < 1.29 is 9.59 Å². The summed E-state index contributed by atoms with van der Waals surface area (Å²) in [6.45, 7) is 2.02. The number of fused-ring (bicyclic) bond motifs is 1. The van der Waals surface area contributed by atoms with Crippen LogP contribution in [0, 0.1) is 0 Å². The number of piperidine rings is 1. The molecule has 1 aliphatic carbocycles. The third kappa shape index (κ3) is 6.01. The van der Waals surface area contributed by atoms with E-state index in [1.165, 1.54) is 25.2 Å². The number of likely N-dealkylation sites (tertiary alicyclic amines) is 1. The van der Waals surface area contributed by atoms with Gasteiger partial charge in [-0.15, -0.1) is 0 Å². The van der Waals surface area contributed by atoms with Crippen LogP contribution < -0.4 is 16.1 Å². The lowest BCUT2D eigenvalue weighted by Crippen LogP contribution is -2.42. The van der Waals surface area contributed by atoms with Gasteiger partial charge in [0.1, 0.15) is 11.2 Å². The Labute approximate surface area is 234 Å². The minimum absolute atomic E-state index is 0.119. The molecule has 1 saturated heterocycles. The number of nitrogens with zero attached hydrogens (tertiary/aromatic N) is 5. The molecule has 212 valence electrons. The normalized spacial score (nSPS) is 16.9. The van der Waals surface area contributed by atoms with Crippen LogP contribution in [0.25, 0.3) is 11.0 Å². The molecule has 0 unspecified atom stereocenters. The molecule has 1 aromatic carbocycles. The lowest BCUT2D eigenvalue weighted by atomic mass is 9.89. The van der Waals surface area contributed by atoms with E-state index in [2.05, 4.69) is 27.8 Å². The van der Waals surface area contributed by atoms with E-state index in [0.29, 0.717) is 29.4 Å². The van der Waals surface area contributed by atoms with Crippen molar-refractivity contribution in [2.24, 2.45) is 0 Å². The first kappa shape index (κ1) is 27.8. The van der Waals surface area contributed by atoms with E-state index in [0.717, 1.165) is 57.3 Å². The number of likely N-dealkylation sites (N-methyl/N-ethyl adjacent to an activating group) is 1. The molecule has 1 aliphatic heterocycles. The quantitative estimate of drug-likeness (QED) is 0.466. The largest absolute Gasteiger partial charge is 0.355 e. The lowest BCUT2D eigenvalue weighted by Gasteiger charge is -2.33. The van der Waals surface area contributed by atoms with Crippen molar-refractivity contribution in [3.05, 3.63) is 58.0 Å². The number of pyridine rings is 1. The third-order valence-corrected chi connectivity index (χ3v) is 8.15. The van der Waals surface area contributed by atoms with E-state index >= 15 is 0 Å². The summed E-state index contributed by atoms with van der Waals surface area (Å²) >= 11 is 0. The summed E-state index contributed by atoms with van der Waals surface area (Å²) < 4.78 is 2.01. The van der Waals surface area contributed by atoms with Gasteiger partial charge < -0.3 is 25.0 Å². The minimum Gasteiger partial charge on any atom is -0.355 e. The van der Waals surface area contributed by atoms with Crippen LogP contribution in [0.5, 0.6) is 0 Å². The standard InChI is InChI=1S/C30H39N7O3/c1-31-29(40)25-18-37(23-7-5-4-6-8-23)28-24(27(25)39)17-32-30(34-28)33-22-11-9-20(10-12-22)21-13-15-36(16-14-21)26(38)19-35(2)3/h9-12,17-18,21,23H,4-8,13-16,19H2,1-3H3,(H,31,40)(H,32,33,34). The van der Waals surface area contributed by atoms with Gasteiger partial charge in [-0.2, -0.15) is 4.98 Å². The Kier molecular flexibility index (Phi) is 8.44. The number of hydrogen-bond acceptors (Lipinski definition) is 7. The number of anilines is 2. The van der Waals surface area contributed by atoms with E-state index < -0.39 is 5.91 Å². The van der Waals surface area contributed by atoms with Crippen molar-refractivity contribution in [2.45, 2.75) is 56.9 Å². The van der Waals surface area contributed by atoms with Crippen LogP contribution in [0.3, 0.4) is 0 Å². The molecular weight excluding hydrogens is 506 g/mol. The zero-order valence-corrected chi connectivity index (χ0v) is 23.7. The van der Waals surface area contributed by atoms with Crippen molar-refractivity contribution in [3.63, 3.8) is 0 Å². The van der Waals surface area contributed by atoms with Gasteiger partial charge in [-0.1, -0.05) is 31.4 Å². The highest BCUT2D eigenvalue weighted by Crippen LogP contribution is 2.31. The van der Waals surface area contributed by atoms with Gasteiger partial charge in [-0.25, -0.2) is 4.98 Å². The summed E-state index contributed by atoms with van der Waals surface area (Å²) in [4.78, 5) is 51.0. The molecule has 5 rings (SSSR count). The summed E-state index contributed by atoms with van der Waals surface area (Å²) in [7, 11) is 5.37. The lowest BCUT2D eigenvalue weighted by molar-refractivity contribution is -0.132. The highest BCUT2D eigenvalue weighted by Gasteiger charge is 2.25. The summed E-state index contributed by atoms with van der Waals surface area (Å²) in [5.74, 6) is 0.625. The highest BCUT2D eigenvalue weighted by molar-refractivity contribution is 5.96. The molecule has 3 heterocycles. The number of rotatable bonds is 7. The number of aromatic nitrogens is 3. The Hall–Kier alpha value is -3.79. The molecule has 10 heteroatoms. The van der Waals surface area contributed by atoms with Crippen LogP contribution >= 0.6 is 0 Å². The van der Waals surface area contributed by atoms with E-state index in [9.17, 15) is 14.4 Å². The molecule has 40 heavy (non-hydrogen) atoms. The molecule has 2 N–H and O–H groups in total. The fourth-order valence-electron chi connectivity index (χ4n) is 5.93. The van der Waals surface area contributed by atoms with Crippen LogP contribution in [0.4, 0.5) is 11.6 Å². The van der Waals surface area contributed by atoms with Gasteiger partial charge in [0.05, 0.1) is 11.9 Å². The predicted octanol–water partition coefficient (Wildman–Crippen LogP) is 3.67. The van der Waals surface area contributed by atoms with E-state index in [-0.39, 0.29) is 22.9 Å². The average Bonchev–Trinajstić information content (AvgIpc) is 2.97. The number of nitrogens with one attached hydrogen (secondary N) is 2. The van der Waals surface area contributed by atoms with Crippen LogP contribution in [0.2, 0.25) is 0 Å². The number of benzene rings is 1. The van der Waals surface area contributed by atoms with E-state index in [1.54, 1.807) is 6.20 Å². The van der Waals surface area contributed by atoms with Gasteiger partial charge >= 0.3 is 0 Å². The molecular formula is C30H39N7O3. The van der Waals surface area contributed by atoms with Crippen LogP contribution in [0.1, 0.15) is 72.8 Å². The third-order valence-electron chi connectivity index (χ3n) is 8.15. The van der Waals surface area contributed by atoms with Crippen molar-refractivity contribution >= 4 is 34.5 Å². The number of hydrogen-bond donors (Lipinski definition) is 2. The topological polar surface area (TPSA) is 112 Å². The zero-order valence-electron chi connectivity index (χ0n) is 23.7. The zero-order chi connectivity index (χ0) is 28.2. The van der Waals surface area contributed by atoms with Gasteiger partial charge in [0.15, 0.2) is 0 Å². The Balaban J connectivity index is 1.33. The van der Waals surface area contributed by atoms with Crippen LogP contribution in [0.15, 0.2) is 41.5 Å². The molecule has 2 aromatic heterocycles. The first-order valence-electron chi connectivity index (χ1n) is 14.3. The van der Waals surface area contributed by atoms with Gasteiger partial charge in [0.25, 0.3) is 5.91 Å². The van der Waals surface area contributed by atoms with Gasteiger partial charge in [-0.3, -0.25) is 14.4 Å². The van der Waals surface area contributed by atoms with Gasteiger partial charge in [0.2, 0.25) is 17.3 Å². The van der Waals surface area contributed by atoms with Crippen molar-refractivity contribution in [1.82, 2.24) is 29.7 Å². The number of carbonyl (C=O) groups is 2. The first-order valence-corrected chi connectivity index (χ1v) is 14.3. The molecule has 0 spiro atoms. The molecule has 0 bridgehead atoms. The Morgan fingerprint density at radius 2 is 1.73 bits per heavy atom. The SMILES string of the molecule is CNC(=O)c1cn(C2CCCCC2)c2nc(Nc3ccc(C4CCN(C(=O)CN(C)C)CC4)cc3)ncc2c1=O. The van der Waals surface area contributed by atoms with Crippen LogP contribution in [-0.4, -0.2) is 76.9 Å². The Morgan fingerprint density at radius 1 is 1.02 bits per heavy atom. The van der Waals surface area contributed by atoms with Crippen LogP contribution in [-0.2, 0) is 4.79 Å². The second kappa shape index (κ2) is 12.2. The van der Waals surface area contributed by atoms with E-state index in [1.807, 2.05) is 40.6 Å². The maximum atomic E-state index is 13.1. The monoisotopic (exact) mass is 545 g/mol. The maximum absolute atomic E-state index is 13.1. The number of carbonyl (C=O) groups excluding carboxylic acids is 2. The summed E-state index contributed by atoms with van der Waals surface area (Å²) in [6.07, 6.45) is 10.5. The summed E-state index contributed by atoms with van der Waals surface area (Å²) in [5.41, 5.74) is 2.43. The number of amides is 2. The van der Waals surface area contributed by atoms with Gasteiger partial charge in [-0.05, 0) is 63.4 Å². The predicted molar refractivity (Wildman–Crippen MR) is 156 cm³/mol. The molecule has 0 atom stereocenters. The average molecular weight is 546 g/mol. The van der Waals surface area contributed by atoms with Gasteiger partial charge in [0, 0.05) is 44.3 Å². The van der Waals surface area contributed by atoms with Crippen molar-refractivity contribution in [1.29, 1.82) is 0 Å². The molecule has 0 radical (unpaired) electrons. The molecule has 3 aromatic rings. The molecule has 2 aliphatic rings. The fourth-order valence-corrected chi connectivity index (χ4v) is 5.93. The van der Waals surface area contributed by atoms with Crippen molar-refractivity contribution in [3.8, 4) is 0 Å². The summed E-state index contributed by atoms with van der Waals surface area (Å²) in [6, 6.07) is 8.48. The molecule has 10 nitrogen and oxygen atoms in total. The minimum atomic E-state index is -0.399. The molecule has 2 amide bonds. The second-order valence-electron chi connectivity index (χ2n) is 11.2. The molecule has 1 saturated carbocycles.